The number of imidazole rings is 1. The zero-order valence-corrected chi connectivity index (χ0v) is 23.9. The Hall–Kier alpha value is -3.46. The van der Waals surface area contributed by atoms with Crippen LogP contribution in [0.1, 0.15) is 33.3 Å². The minimum absolute atomic E-state index is 0.250. The lowest BCUT2D eigenvalue weighted by Crippen LogP contribution is -2.44. The zero-order chi connectivity index (χ0) is 28.0. The summed E-state index contributed by atoms with van der Waals surface area (Å²) in [5.74, 6) is 1.06. The van der Waals surface area contributed by atoms with Crippen LogP contribution < -0.4 is 9.64 Å². The number of H-pyrrole nitrogens is 1. The SMILES string of the molecule is CC(CO)N(C(=O)OC(C)(C)C)c1ncc(-c2ccc(Sc3cccc(OCc4ccccc4)c3)cc2Cl)[nH]1. The first kappa shape index (κ1) is 28.5. The topological polar surface area (TPSA) is 87.7 Å². The van der Waals surface area contributed by atoms with Gasteiger partial charge in [0, 0.05) is 15.4 Å². The normalized spacial score (nSPS) is 12.2. The maximum atomic E-state index is 12.8. The molecule has 2 N–H and O–H groups in total. The van der Waals surface area contributed by atoms with Gasteiger partial charge in [0.2, 0.25) is 5.95 Å². The molecule has 1 atom stereocenters. The molecule has 0 saturated carbocycles. The van der Waals surface area contributed by atoms with Crippen LogP contribution in [0.2, 0.25) is 5.02 Å². The van der Waals surface area contributed by atoms with Gasteiger partial charge in [0.1, 0.15) is 18.0 Å². The summed E-state index contributed by atoms with van der Waals surface area (Å²) in [5.41, 5.74) is 1.80. The van der Waals surface area contributed by atoms with Crippen molar-refractivity contribution >= 4 is 35.4 Å². The molecule has 3 aromatic carbocycles. The number of nitrogens with one attached hydrogen (secondary N) is 1. The van der Waals surface area contributed by atoms with Gasteiger partial charge in [0.25, 0.3) is 0 Å². The van der Waals surface area contributed by atoms with Crippen LogP contribution >= 0.6 is 23.4 Å². The van der Waals surface area contributed by atoms with Crippen LogP contribution in [-0.4, -0.2) is 39.4 Å². The molecule has 0 radical (unpaired) electrons. The Bertz CT molecular complexity index is 1400. The number of rotatable bonds is 9. The quantitative estimate of drug-likeness (QED) is 0.217. The first-order chi connectivity index (χ1) is 18.6. The van der Waals surface area contributed by atoms with E-state index in [0.29, 0.717) is 17.3 Å². The average Bonchev–Trinajstić information content (AvgIpc) is 3.36. The number of hydrogen-bond donors (Lipinski definition) is 2. The molecule has 4 aromatic rings. The number of aliphatic hydroxyl groups is 1. The second kappa shape index (κ2) is 12.6. The Labute approximate surface area is 238 Å². The molecule has 0 aliphatic carbocycles. The number of amides is 1. The van der Waals surface area contributed by atoms with Crippen molar-refractivity contribution in [3.8, 4) is 17.0 Å². The van der Waals surface area contributed by atoms with Crippen LogP contribution in [0.4, 0.5) is 10.7 Å². The Balaban J connectivity index is 1.47. The fourth-order valence-electron chi connectivity index (χ4n) is 3.72. The summed E-state index contributed by atoms with van der Waals surface area (Å²) in [7, 11) is 0. The Morgan fingerprint density at radius 3 is 2.51 bits per heavy atom. The summed E-state index contributed by atoms with van der Waals surface area (Å²) < 4.78 is 11.5. The summed E-state index contributed by atoms with van der Waals surface area (Å²) in [6.45, 7) is 7.33. The van der Waals surface area contributed by atoms with Crippen LogP contribution in [-0.2, 0) is 11.3 Å². The van der Waals surface area contributed by atoms with Crippen LogP contribution in [0.3, 0.4) is 0 Å². The summed E-state index contributed by atoms with van der Waals surface area (Å²) in [5, 5.41) is 10.2. The van der Waals surface area contributed by atoms with Gasteiger partial charge >= 0.3 is 6.09 Å². The second-order valence-corrected chi connectivity index (χ2v) is 11.5. The Morgan fingerprint density at radius 1 is 1.08 bits per heavy atom. The van der Waals surface area contributed by atoms with E-state index in [1.807, 2.05) is 72.8 Å². The fraction of sp³-hybridized carbons (Fsp3) is 0.267. The molecule has 1 amide bonds. The number of anilines is 1. The minimum atomic E-state index is -0.690. The second-order valence-electron chi connectivity index (χ2n) is 10.00. The molecular formula is C30H32ClN3O4S. The molecule has 0 saturated heterocycles. The molecule has 0 aliphatic heterocycles. The molecule has 1 unspecified atom stereocenters. The zero-order valence-electron chi connectivity index (χ0n) is 22.3. The van der Waals surface area contributed by atoms with Crippen LogP contribution in [0.15, 0.2) is 88.8 Å². The lowest BCUT2D eigenvalue weighted by molar-refractivity contribution is 0.0552. The van der Waals surface area contributed by atoms with Crippen molar-refractivity contribution in [1.29, 1.82) is 0 Å². The lowest BCUT2D eigenvalue weighted by atomic mass is 10.2. The first-order valence-electron chi connectivity index (χ1n) is 12.6. The molecule has 1 aromatic heterocycles. The summed E-state index contributed by atoms with van der Waals surface area (Å²) in [6, 6.07) is 23.2. The van der Waals surface area contributed by atoms with E-state index in [9.17, 15) is 9.90 Å². The summed E-state index contributed by atoms with van der Waals surface area (Å²) in [6.07, 6.45) is 1.01. The summed E-state index contributed by atoms with van der Waals surface area (Å²) >= 11 is 8.26. The van der Waals surface area contributed by atoms with E-state index in [2.05, 4.69) is 9.97 Å². The highest BCUT2D eigenvalue weighted by Gasteiger charge is 2.29. The van der Waals surface area contributed by atoms with E-state index >= 15 is 0 Å². The van der Waals surface area contributed by atoms with Crippen molar-refractivity contribution < 1.29 is 19.4 Å². The number of halogens is 1. The highest BCUT2D eigenvalue weighted by molar-refractivity contribution is 7.99. The van der Waals surface area contributed by atoms with E-state index in [-0.39, 0.29) is 12.6 Å². The molecule has 0 aliphatic rings. The average molecular weight is 566 g/mol. The van der Waals surface area contributed by atoms with Gasteiger partial charge in [-0.1, -0.05) is 65.8 Å². The van der Waals surface area contributed by atoms with E-state index in [0.717, 1.165) is 26.7 Å². The summed E-state index contributed by atoms with van der Waals surface area (Å²) in [4.78, 5) is 23.6. The van der Waals surface area contributed by atoms with E-state index in [4.69, 9.17) is 21.1 Å². The fourth-order valence-corrected chi connectivity index (χ4v) is 4.97. The van der Waals surface area contributed by atoms with Crippen LogP contribution in [0.25, 0.3) is 11.3 Å². The van der Waals surface area contributed by atoms with Crippen molar-refractivity contribution in [3.63, 3.8) is 0 Å². The van der Waals surface area contributed by atoms with Crippen molar-refractivity contribution in [1.82, 2.24) is 9.97 Å². The number of benzene rings is 3. The van der Waals surface area contributed by atoms with Gasteiger partial charge in [-0.05, 0) is 63.6 Å². The van der Waals surface area contributed by atoms with E-state index < -0.39 is 17.7 Å². The van der Waals surface area contributed by atoms with Crippen molar-refractivity contribution in [2.45, 2.75) is 55.7 Å². The van der Waals surface area contributed by atoms with Crippen molar-refractivity contribution in [3.05, 3.63) is 89.6 Å². The van der Waals surface area contributed by atoms with Crippen LogP contribution in [0.5, 0.6) is 5.75 Å². The number of carbonyl (C=O) groups is 1. The van der Waals surface area contributed by atoms with E-state index in [1.54, 1.807) is 45.7 Å². The number of aliphatic hydroxyl groups excluding tert-OH is 1. The molecule has 204 valence electrons. The largest absolute Gasteiger partial charge is 0.489 e. The third-order valence-electron chi connectivity index (χ3n) is 5.61. The lowest BCUT2D eigenvalue weighted by Gasteiger charge is -2.29. The molecule has 39 heavy (non-hydrogen) atoms. The van der Waals surface area contributed by atoms with Crippen LogP contribution in [0, 0.1) is 0 Å². The third-order valence-corrected chi connectivity index (χ3v) is 6.90. The highest BCUT2D eigenvalue weighted by Crippen LogP contribution is 2.36. The number of nitrogens with zero attached hydrogens (tertiary/aromatic N) is 2. The molecule has 9 heteroatoms. The van der Waals surface area contributed by atoms with Gasteiger partial charge in [-0.3, -0.25) is 0 Å². The van der Waals surface area contributed by atoms with Gasteiger partial charge < -0.3 is 19.6 Å². The first-order valence-corrected chi connectivity index (χ1v) is 13.7. The minimum Gasteiger partial charge on any atom is -0.489 e. The Kier molecular flexibility index (Phi) is 9.22. The van der Waals surface area contributed by atoms with Crippen molar-refractivity contribution in [2.24, 2.45) is 0 Å². The highest BCUT2D eigenvalue weighted by atomic mass is 35.5. The number of aromatic amines is 1. The van der Waals surface area contributed by atoms with E-state index in [1.165, 1.54) is 4.90 Å². The number of aromatic nitrogens is 2. The number of carbonyl (C=O) groups excluding carboxylic acids is 1. The predicted octanol–water partition coefficient (Wildman–Crippen LogP) is 7.58. The molecular weight excluding hydrogens is 534 g/mol. The number of ether oxygens (including phenoxy) is 2. The van der Waals surface area contributed by atoms with Gasteiger partial charge in [0.05, 0.1) is 29.6 Å². The smallest absolute Gasteiger partial charge is 0.417 e. The van der Waals surface area contributed by atoms with Gasteiger partial charge in [0.15, 0.2) is 0 Å². The van der Waals surface area contributed by atoms with Gasteiger partial charge in [-0.25, -0.2) is 14.7 Å². The standard InChI is InChI=1S/C30H32ClN3O4S/c1-20(18-35)34(29(36)38-30(2,3)4)28-32-17-27(33-28)25-14-13-24(16-26(25)31)39-23-12-8-11-22(15-23)37-19-21-9-6-5-7-10-21/h5-17,20,35H,18-19H2,1-4H3,(H,32,33). The maximum Gasteiger partial charge on any atom is 0.417 e. The molecule has 0 bridgehead atoms. The molecule has 4 rings (SSSR count). The third kappa shape index (κ3) is 7.79. The van der Waals surface area contributed by atoms with Gasteiger partial charge in [-0.15, -0.1) is 0 Å². The van der Waals surface area contributed by atoms with Crippen molar-refractivity contribution in [2.75, 3.05) is 11.5 Å². The van der Waals surface area contributed by atoms with Gasteiger partial charge in [-0.2, -0.15) is 0 Å². The molecule has 7 nitrogen and oxygen atoms in total. The molecule has 0 spiro atoms. The molecule has 0 fully saturated rings. The number of hydrogen-bond acceptors (Lipinski definition) is 6. The monoisotopic (exact) mass is 565 g/mol. The predicted molar refractivity (Wildman–Crippen MR) is 156 cm³/mol. The molecule has 1 heterocycles. The Morgan fingerprint density at radius 2 is 1.82 bits per heavy atom. The maximum absolute atomic E-state index is 12.8.